The summed E-state index contributed by atoms with van der Waals surface area (Å²) in [5.74, 6) is -0.390. The minimum Gasteiger partial charge on any atom is -0.342 e. The Hall–Kier alpha value is -2.69. The standard InChI is InChI=1S/C20H25N3O2/c1-5-6-10-23(4)20(25)17-11-16(12-21-13-17)19(24)22-18-14(2)8-7-9-15(18)3/h7-9,11-13H,5-6,10H2,1-4H3,(H,22,24). The van der Waals surface area contributed by atoms with Crippen molar-refractivity contribution in [2.45, 2.75) is 33.6 Å². The lowest BCUT2D eigenvalue weighted by atomic mass is 10.1. The highest BCUT2D eigenvalue weighted by molar-refractivity contribution is 6.06. The Balaban J connectivity index is 2.18. The van der Waals surface area contributed by atoms with Gasteiger partial charge in [0.05, 0.1) is 11.1 Å². The van der Waals surface area contributed by atoms with E-state index in [0.29, 0.717) is 17.7 Å². The van der Waals surface area contributed by atoms with Gasteiger partial charge in [-0.1, -0.05) is 31.5 Å². The van der Waals surface area contributed by atoms with E-state index in [2.05, 4.69) is 17.2 Å². The molecule has 1 heterocycles. The molecule has 2 rings (SSSR count). The fourth-order valence-electron chi connectivity index (χ4n) is 2.60. The predicted molar refractivity (Wildman–Crippen MR) is 100.0 cm³/mol. The highest BCUT2D eigenvalue weighted by Crippen LogP contribution is 2.20. The average Bonchev–Trinajstić information content (AvgIpc) is 2.62. The number of aryl methyl sites for hydroxylation is 2. The van der Waals surface area contributed by atoms with Crippen molar-refractivity contribution in [2.75, 3.05) is 18.9 Å². The molecular weight excluding hydrogens is 314 g/mol. The van der Waals surface area contributed by atoms with Gasteiger partial charge in [-0.25, -0.2) is 0 Å². The molecule has 0 aliphatic rings. The van der Waals surface area contributed by atoms with E-state index in [4.69, 9.17) is 0 Å². The van der Waals surface area contributed by atoms with E-state index >= 15 is 0 Å². The molecule has 5 nitrogen and oxygen atoms in total. The number of amides is 2. The summed E-state index contributed by atoms with van der Waals surface area (Å²) < 4.78 is 0. The maximum absolute atomic E-state index is 12.6. The lowest BCUT2D eigenvalue weighted by molar-refractivity contribution is 0.0793. The first-order chi connectivity index (χ1) is 11.9. The molecule has 1 N–H and O–H groups in total. The number of carbonyl (C=O) groups is 2. The first-order valence-corrected chi connectivity index (χ1v) is 8.52. The molecule has 1 aromatic heterocycles. The number of carbonyl (C=O) groups excluding carboxylic acids is 2. The number of rotatable bonds is 6. The first kappa shape index (κ1) is 18.6. The molecule has 2 aromatic rings. The quantitative estimate of drug-likeness (QED) is 0.870. The molecule has 0 aliphatic carbocycles. The monoisotopic (exact) mass is 339 g/mol. The van der Waals surface area contributed by atoms with Gasteiger partial charge < -0.3 is 10.2 Å². The number of anilines is 1. The third-order valence-electron chi connectivity index (χ3n) is 4.16. The number of hydrogen-bond donors (Lipinski definition) is 1. The molecule has 5 heteroatoms. The number of para-hydroxylation sites is 1. The van der Waals surface area contributed by atoms with Gasteiger partial charge in [0.25, 0.3) is 11.8 Å². The molecule has 0 aliphatic heterocycles. The Morgan fingerprint density at radius 3 is 2.40 bits per heavy atom. The van der Waals surface area contributed by atoms with Crippen LogP contribution in [0.1, 0.15) is 51.6 Å². The van der Waals surface area contributed by atoms with Crippen LogP contribution in [-0.4, -0.2) is 35.3 Å². The first-order valence-electron chi connectivity index (χ1n) is 8.52. The lowest BCUT2D eigenvalue weighted by Crippen LogP contribution is -2.28. The normalized spacial score (nSPS) is 10.4. The third kappa shape index (κ3) is 4.66. The largest absolute Gasteiger partial charge is 0.342 e. The zero-order valence-corrected chi connectivity index (χ0v) is 15.3. The van der Waals surface area contributed by atoms with Crippen molar-refractivity contribution in [3.63, 3.8) is 0 Å². The fourth-order valence-corrected chi connectivity index (χ4v) is 2.60. The van der Waals surface area contributed by atoms with Gasteiger partial charge in [0.1, 0.15) is 0 Å². The van der Waals surface area contributed by atoms with Gasteiger partial charge in [-0.3, -0.25) is 14.6 Å². The van der Waals surface area contributed by atoms with E-state index in [1.165, 1.54) is 12.4 Å². The highest BCUT2D eigenvalue weighted by atomic mass is 16.2. The van der Waals surface area contributed by atoms with E-state index in [1.807, 2.05) is 32.0 Å². The van der Waals surface area contributed by atoms with E-state index in [0.717, 1.165) is 29.7 Å². The summed E-state index contributed by atoms with van der Waals surface area (Å²) in [5.41, 5.74) is 3.58. The predicted octanol–water partition coefficient (Wildman–Crippen LogP) is 3.82. The van der Waals surface area contributed by atoms with E-state index in [9.17, 15) is 9.59 Å². The molecule has 0 fully saturated rings. The van der Waals surface area contributed by atoms with Crippen molar-refractivity contribution in [2.24, 2.45) is 0 Å². The van der Waals surface area contributed by atoms with Crippen molar-refractivity contribution < 1.29 is 9.59 Å². The third-order valence-corrected chi connectivity index (χ3v) is 4.16. The summed E-state index contributed by atoms with van der Waals surface area (Å²) in [5, 5.41) is 2.92. The maximum atomic E-state index is 12.6. The fraction of sp³-hybridized carbons (Fsp3) is 0.350. The average molecular weight is 339 g/mol. The van der Waals surface area contributed by atoms with Crippen LogP contribution >= 0.6 is 0 Å². The molecule has 0 radical (unpaired) electrons. The van der Waals surface area contributed by atoms with Gasteiger partial charge in [0.15, 0.2) is 0 Å². The van der Waals surface area contributed by atoms with Crippen LogP contribution in [0.15, 0.2) is 36.7 Å². The van der Waals surface area contributed by atoms with Gasteiger partial charge in [-0.05, 0) is 37.5 Å². The second-order valence-corrected chi connectivity index (χ2v) is 6.26. The SMILES string of the molecule is CCCCN(C)C(=O)c1cncc(C(=O)Nc2c(C)cccc2C)c1. The molecule has 1 aromatic carbocycles. The summed E-state index contributed by atoms with van der Waals surface area (Å²) in [4.78, 5) is 30.7. The topological polar surface area (TPSA) is 62.3 Å². The van der Waals surface area contributed by atoms with Gasteiger partial charge >= 0.3 is 0 Å². The van der Waals surface area contributed by atoms with Gasteiger partial charge in [0, 0.05) is 31.7 Å². The summed E-state index contributed by atoms with van der Waals surface area (Å²) in [6.45, 7) is 6.67. The van der Waals surface area contributed by atoms with Crippen molar-refractivity contribution in [3.05, 3.63) is 58.9 Å². The molecule has 132 valence electrons. The van der Waals surface area contributed by atoms with Crippen LogP contribution in [0.2, 0.25) is 0 Å². The number of nitrogens with zero attached hydrogens (tertiary/aromatic N) is 2. The number of pyridine rings is 1. The Morgan fingerprint density at radius 2 is 1.76 bits per heavy atom. The van der Waals surface area contributed by atoms with Gasteiger partial charge in [-0.2, -0.15) is 0 Å². The van der Waals surface area contributed by atoms with Crippen LogP contribution in [0, 0.1) is 13.8 Å². The molecule has 0 saturated heterocycles. The summed E-state index contributed by atoms with van der Waals surface area (Å²) >= 11 is 0. The van der Waals surface area contributed by atoms with Crippen molar-refractivity contribution >= 4 is 17.5 Å². The molecular formula is C20H25N3O2. The van der Waals surface area contributed by atoms with E-state index in [1.54, 1.807) is 18.0 Å². The number of hydrogen-bond acceptors (Lipinski definition) is 3. The number of aromatic nitrogens is 1. The second kappa shape index (κ2) is 8.42. The van der Waals surface area contributed by atoms with Crippen LogP contribution in [0.5, 0.6) is 0 Å². The number of unbranched alkanes of at least 4 members (excludes halogenated alkanes) is 1. The zero-order valence-electron chi connectivity index (χ0n) is 15.3. The van der Waals surface area contributed by atoms with Crippen LogP contribution in [0.3, 0.4) is 0 Å². The Kier molecular flexibility index (Phi) is 6.28. The minimum atomic E-state index is -0.268. The van der Waals surface area contributed by atoms with Gasteiger partial charge in [-0.15, -0.1) is 0 Å². The zero-order chi connectivity index (χ0) is 18.4. The molecule has 2 amide bonds. The molecule has 25 heavy (non-hydrogen) atoms. The van der Waals surface area contributed by atoms with Crippen molar-refractivity contribution in [3.8, 4) is 0 Å². The van der Waals surface area contributed by atoms with Crippen molar-refractivity contribution in [1.82, 2.24) is 9.88 Å². The number of benzene rings is 1. The molecule has 0 atom stereocenters. The summed E-state index contributed by atoms with van der Waals surface area (Å²) in [6.07, 6.45) is 4.95. The number of nitrogens with one attached hydrogen (secondary N) is 1. The molecule has 0 bridgehead atoms. The Morgan fingerprint density at radius 1 is 1.12 bits per heavy atom. The van der Waals surface area contributed by atoms with E-state index < -0.39 is 0 Å². The van der Waals surface area contributed by atoms with Gasteiger partial charge in [0.2, 0.25) is 0 Å². The molecule has 0 unspecified atom stereocenters. The second-order valence-electron chi connectivity index (χ2n) is 6.26. The lowest BCUT2D eigenvalue weighted by Gasteiger charge is -2.17. The smallest absolute Gasteiger partial charge is 0.257 e. The Bertz CT molecular complexity index is 751. The minimum absolute atomic E-state index is 0.123. The van der Waals surface area contributed by atoms with Crippen LogP contribution in [-0.2, 0) is 0 Å². The maximum Gasteiger partial charge on any atom is 0.257 e. The van der Waals surface area contributed by atoms with E-state index in [-0.39, 0.29) is 11.8 Å². The Labute approximate surface area is 149 Å². The van der Waals surface area contributed by atoms with Crippen LogP contribution in [0.4, 0.5) is 5.69 Å². The molecule has 0 saturated carbocycles. The molecule has 0 spiro atoms. The highest BCUT2D eigenvalue weighted by Gasteiger charge is 2.15. The summed E-state index contributed by atoms with van der Waals surface area (Å²) in [6, 6.07) is 7.45. The van der Waals surface area contributed by atoms with Crippen LogP contribution < -0.4 is 5.32 Å². The van der Waals surface area contributed by atoms with Crippen molar-refractivity contribution in [1.29, 1.82) is 0 Å². The van der Waals surface area contributed by atoms with Crippen LogP contribution in [0.25, 0.3) is 0 Å². The summed E-state index contributed by atoms with van der Waals surface area (Å²) in [7, 11) is 1.77.